The highest BCUT2D eigenvalue weighted by Gasteiger charge is 2.19. The van der Waals surface area contributed by atoms with Gasteiger partial charge in [-0.05, 0) is 12.1 Å². The lowest BCUT2D eigenvalue weighted by Crippen LogP contribution is -2.24. The summed E-state index contributed by atoms with van der Waals surface area (Å²) in [7, 11) is 0. The normalized spacial score (nSPS) is 15.7. The zero-order chi connectivity index (χ0) is 12.7. The molecule has 92 valence electrons. The van der Waals surface area contributed by atoms with E-state index in [1.165, 1.54) is 6.07 Å². The number of nitrogens with one attached hydrogen (secondary N) is 2. The van der Waals surface area contributed by atoms with E-state index in [-0.39, 0.29) is 10.8 Å². The smallest absolute Gasteiger partial charge is 0.299 e. The Balaban J connectivity index is 2.09. The van der Waals surface area contributed by atoms with Crippen molar-refractivity contribution in [1.29, 1.82) is 0 Å². The number of rotatable bonds is 1. The summed E-state index contributed by atoms with van der Waals surface area (Å²) in [6, 6.07) is 2.43. The van der Waals surface area contributed by atoms with Gasteiger partial charge in [0.2, 0.25) is 0 Å². The fourth-order valence-corrected chi connectivity index (χ4v) is 2.17. The molecule has 3 rings (SSSR count). The molecule has 5 nitrogen and oxygen atoms in total. The number of aromatic nitrogens is 2. The predicted molar refractivity (Wildman–Crippen MR) is 63.5 cm³/mol. The SMILES string of the molecule is O=C1NN=C(c2nc3c(F)c(F)ccc3[nH]2)CS1. The van der Waals surface area contributed by atoms with E-state index in [4.69, 9.17) is 0 Å². The average Bonchev–Trinajstić information content (AvgIpc) is 2.80. The second-order valence-corrected chi connectivity index (χ2v) is 4.54. The minimum absolute atomic E-state index is 0.0744. The summed E-state index contributed by atoms with van der Waals surface area (Å²) >= 11 is 1.03. The molecule has 1 amide bonds. The summed E-state index contributed by atoms with van der Waals surface area (Å²) in [6.45, 7) is 0. The van der Waals surface area contributed by atoms with E-state index in [0.717, 1.165) is 17.8 Å². The average molecular weight is 268 g/mol. The van der Waals surface area contributed by atoms with Crippen LogP contribution in [0.3, 0.4) is 0 Å². The molecule has 2 heterocycles. The van der Waals surface area contributed by atoms with Crippen LogP contribution in [-0.2, 0) is 0 Å². The van der Waals surface area contributed by atoms with Crippen LogP contribution in [0, 0.1) is 11.6 Å². The maximum atomic E-state index is 13.5. The third kappa shape index (κ3) is 1.74. The number of amides is 1. The largest absolute Gasteiger partial charge is 0.337 e. The first-order chi connectivity index (χ1) is 8.65. The number of hydrazone groups is 1. The molecule has 0 saturated carbocycles. The van der Waals surface area contributed by atoms with Crippen LogP contribution in [0.4, 0.5) is 13.6 Å². The Morgan fingerprint density at radius 1 is 1.33 bits per heavy atom. The van der Waals surface area contributed by atoms with Crippen molar-refractivity contribution < 1.29 is 13.6 Å². The van der Waals surface area contributed by atoms with Crippen LogP contribution in [-0.4, -0.2) is 26.7 Å². The Morgan fingerprint density at radius 2 is 2.17 bits per heavy atom. The quantitative estimate of drug-likeness (QED) is 0.831. The lowest BCUT2D eigenvalue weighted by Gasteiger charge is -2.08. The van der Waals surface area contributed by atoms with E-state index in [1.807, 2.05) is 0 Å². The summed E-state index contributed by atoms with van der Waals surface area (Å²) in [6.07, 6.45) is 0. The molecule has 2 N–H and O–H groups in total. The van der Waals surface area contributed by atoms with Crippen molar-refractivity contribution in [2.45, 2.75) is 0 Å². The molecule has 0 atom stereocenters. The van der Waals surface area contributed by atoms with E-state index in [0.29, 0.717) is 22.8 Å². The maximum absolute atomic E-state index is 13.5. The Morgan fingerprint density at radius 3 is 2.89 bits per heavy atom. The molecule has 1 aliphatic rings. The Hall–Kier alpha value is -1.96. The number of carbonyl (C=O) groups excluding carboxylic acids is 1. The van der Waals surface area contributed by atoms with Gasteiger partial charge in [-0.25, -0.2) is 19.2 Å². The molecule has 1 aromatic heterocycles. The maximum Gasteiger partial charge on any atom is 0.299 e. The fraction of sp³-hybridized carbons (Fsp3) is 0.100. The Kier molecular flexibility index (Phi) is 2.51. The predicted octanol–water partition coefficient (Wildman–Crippen LogP) is 2.00. The third-order valence-corrected chi connectivity index (χ3v) is 3.21. The van der Waals surface area contributed by atoms with Crippen molar-refractivity contribution in [2.75, 3.05) is 5.75 Å². The highest BCUT2D eigenvalue weighted by molar-refractivity contribution is 8.14. The van der Waals surface area contributed by atoms with E-state index >= 15 is 0 Å². The molecule has 0 bridgehead atoms. The Labute approximate surface area is 104 Å². The van der Waals surface area contributed by atoms with Gasteiger partial charge in [-0.1, -0.05) is 11.8 Å². The molecule has 0 spiro atoms. The van der Waals surface area contributed by atoms with Crippen molar-refractivity contribution >= 4 is 33.7 Å². The third-order valence-electron chi connectivity index (χ3n) is 2.44. The van der Waals surface area contributed by atoms with E-state index in [9.17, 15) is 13.6 Å². The summed E-state index contributed by atoms with van der Waals surface area (Å²) in [5, 5.41) is 3.56. The van der Waals surface area contributed by atoms with Crippen molar-refractivity contribution in [3.63, 3.8) is 0 Å². The fourth-order valence-electron chi connectivity index (χ4n) is 1.59. The molecular formula is C10H6F2N4OS. The van der Waals surface area contributed by atoms with E-state index in [2.05, 4.69) is 20.5 Å². The molecule has 0 aliphatic carbocycles. The number of fused-ring (bicyclic) bond motifs is 1. The molecule has 1 aromatic carbocycles. The second-order valence-electron chi connectivity index (χ2n) is 3.59. The van der Waals surface area contributed by atoms with Gasteiger partial charge in [0, 0.05) is 0 Å². The number of halogens is 2. The number of aromatic amines is 1. The highest BCUT2D eigenvalue weighted by Crippen LogP contribution is 2.20. The molecule has 8 heteroatoms. The number of carbonyl (C=O) groups is 1. The summed E-state index contributed by atoms with van der Waals surface area (Å²) in [5.74, 6) is -1.30. The summed E-state index contributed by atoms with van der Waals surface area (Å²) < 4.78 is 26.5. The minimum atomic E-state index is -0.997. The zero-order valence-corrected chi connectivity index (χ0v) is 9.65. The van der Waals surface area contributed by atoms with Gasteiger partial charge in [-0.3, -0.25) is 4.79 Å². The molecular weight excluding hydrogens is 262 g/mol. The number of H-pyrrole nitrogens is 1. The van der Waals surface area contributed by atoms with Crippen LogP contribution in [0.1, 0.15) is 5.82 Å². The van der Waals surface area contributed by atoms with Crippen LogP contribution < -0.4 is 5.43 Å². The van der Waals surface area contributed by atoms with Crippen LogP contribution in [0.25, 0.3) is 11.0 Å². The van der Waals surface area contributed by atoms with Crippen molar-refractivity contribution in [3.8, 4) is 0 Å². The first kappa shape index (κ1) is 11.1. The highest BCUT2D eigenvalue weighted by atomic mass is 32.2. The van der Waals surface area contributed by atoms with Crippen LogP contribution in [0.15, 0.2) is 17.2 Å². The van der Waals surface area contributed by atoms with Crippen LogP contribution in [0.2, 0.25) is 0 Å². The Bertz CT molecular complexity index is 682. The zero-order valence-electron chi connectivity index (χ0n) is 8.83. The number of hydrogen-bond donors (Lipinski definition) is 2. The first-order valence-corrected chi connectivity index (χ1v) is 5.97. The summed E-state index contributed by atoms with van der Waals surface area (Å²) in [4.78, 5) is 17.7. The first-order valence-electron chi connectivity index (χ1n) is 4.98. The van der Waals surface area contributed by atoms with Gasteiger partial charge in [-0.15, -0.1) is 0 Å². The molecule has 0 unspecified atom stereocenters. The molecule has 18 heavy (non-hydrogen) atoms. The van der Waals surface area contributed by atoms with Gasteiger partial charge in [0.25, 0.3) is 5.24 Å². The monoisotopic (exact) mass is 268 g/mol. The van der Waals surface area contributed by atoms with Gasteiger partial charge in [-0.2, -0.15) is 5.10 Å². The van der Waals surface area contributed by atoms with Crippen LogP contribution >= 0.6 is 11.8 Å². The topological polar surface area (TPSA) is 70.1 Å². The second kappa shape index (κ2) is 4.05. The molecule has 0 saturated heterocycles. The van der Waals surface area contributed by atoms with E-state index < -0.39 is 11.6 Å². The number of hydrogen-bond acceptors (Lipinski definition) is 4. The van der Waals surface area contributed by atoms with E-state index in [1.54, 1.807) is 0 Å². The van der Waals surface area contributed by atoms with Crippen LogP contribution in [0.5, 0.6) is 0 Å². The van der Waals surface area contributed by atoms with Gasteiger partial charge in [0.15, 0.2) is 17.5 Å². The van der Waals surface area contributed by atoms with Crippen molar-refractivity contribution in [2.24, 2.45) is 5.10 Å². The summed E-state index contributed by atoms with van der Waals surface area (Å²) in [5.41, 5.74) is 3.08. The van der Waals surface area contributed by atoms with Crippen molar-refractivity contribution in [3.05, 3.63) is 29.6 Å². The molecule has 0 radical (unpaired) electrons. The van der Waals surface area contributed by atoms with Gasteiger partial charge >= 0.3 is 0 Å². The van der Waals surface area contributed by atoms with Gasteiger partial charge < -0.3 is 4.98 Å². The van der Waals surface area contributed by atoms with Gasteiger partial charge in [0.05, 0.1) is 11.3 Å². The number of thioether (sulfide) groups is 1. The number of benzene rings is 1. The molecule has 1 aliphatic heterocycles. The molecule has 2 aromatic rings. The number of imidazole rings is 1. The lowest BCUT2D eigenvalue weighted by molar-refractivity contribution is 0.261. The lowest BCUT2D eigenvalue weighted by atomic mass is 10.3. The standard InChI is InChI=1S/C10H6F2N4OS/c11-4-1-2-5-8(7(4)12)14-9(13-5)6-3-18-10(17)16-15-6/h1-2H,3H2,(H,13,14)(H,16,17). The minimum Gasteiger partial charge on any atom is -0.337 e. The molecule has 0 fully saturated rings. The van der Waals surface area contributed by atoms with Gasteiger partial charge in [0.1, 0.15) is 11.2 Å². The number of nitrogens with zero attached hydrogens (tertiary/aromatic N) is 2. The van der Waals surface area contributed by atoms with Crippen molar-refractivity contribution in [1.82, 2.24) is 15.4 Å².